The van der Waals surface area contributed by atoms with Crippen LogP contribution in [0, 0.1) is 5.41 Å². The maximum atomic E-state index is 10.5. The summed E-state index contributed by atoms with van der Waals surface area (Å²) in [4.78, 5) is 12.0. The predicted molar refractivity (Wildman–Crippen MR) is 44.7 cm³/mol. The molecule has 66 valence electrons. The van der Waals surface area contributed by atoms with E-state index in [1.165, 1.54) is 4.90 Å². The van der Waals surface area contributed by atoms with Crippen molar-refractivity contribution in [1.29, 1.82) is 0 Å². The summed E-state index contributed by atoms with van der Waals surface area (Å²) < 4.78 is 0. The fourth-order valence-electron chi connectivity index (χ4n) is 0.887. The molecule has 0 unspecified atom stereocenters. The van der Waals surface area contributed by atoms with E-state index >= 15 is 0 Å². The largest absolute Gasteiger partial charge is 0.465 e. The lowest BCUT2D eigenvalue weighted by molar-refractivity contribution is 0.129. The van der Waals surface area contributed by atoms with E-state index in [0.29, 0.717) is 13.1 Å². The van der Waals surface area contributed by atoms with Crippen LogP contribution in [0.4, 0.5) is 4.79 Å². The lowest BCUT2D eigenvalue weighted by atomic mass is 9.96. The van der Waals surface area contributed by atoms with Crippen molar-refractivity contribution in [3.63, 3.8) is 0 Å². The highest BCUT2D eigenvalue weighted by Gasteiger charge is 2.18. The summed E-state index contributed by atoms with van der Waals surface area (Å²) in [5, 5.41) is 8.66. The zero-order chi connectivity index (χ0) is 9.07. The molecule has 0 aliphatic carbocycles. The highest BCUT2D eigenvalue weighted by atomic mass is 16.4. The lowest BCUT2D eigenvalue weighted by Gasteiger charge is -2.26. The predicted octanol–water partition coefficient (Wildman–Crippen LogP) is 2.03. The highest BCUT2D eigenvalue weighted by molar-refractivity contribution is 5.64. The molecule has 3 heteroatoms. The first-order valence-electron chi connectivity index (χ1n) is 3.84. The summed E-state index contributed by atoms with van der Waals surface area (Å²) in [6, 6.07) is 0. The average molecular weight is 159 g/mol. The second-order valence-electron chi connectivity index (χ2n) is 3.86. The van der Waals surface area contributed by atoms with Crippen LogP contribution in [0.2, 0.25) is 0 Å². The Kier molecular flexibility index (Phi) is 3.36. The van der Waals surface area contributed by atoms with Gasteiger partial charge in [0.2, 0.25) is 0 Å². The molecule has 0 bridgehead atoms. The summed E-state index contributed by atoms with van der Waals surface area (Å²) in [6.45, 7) is 9.08. The smallest absolute Gasteiger partial charge is 0.407 e. The van der Waals surface area contributed by atoms with E-state index in [1.807, 2.05) is 27.7 Å². The SMILES string of the molecule is CCN(CC(C)(C)C)C(=O)O. The van der Waals surface area contributed by atoms with Gasteiger partial charge >= 0.3 is 6.09 Å². The highest BCUT2D eigenvalue weighted by Crippen LogP contribution is 2.14. The molecule has 0 aromatic rings. The van der Waals surface area contributed by atoms with E-state index in [0.717, 1.165) is 0 Å². The number of carbonyl (C=O) groups is 1. The van der Waals surface area contributed by atoms with Crippen molar-refractivity contribution in [2.24, 2.45) is 5.41 Å². The van der Waals surface area contributed by atoms with E-state index in [-0.39, 0.29) is 5.41 Å². The Hall–Kier alpha value is -0.730. The Morgan fingerprint density at radius 2 is 1.91 bits per heavy atom. The quantitative estimate of drug-likeness (QED) is 0.669. The Labute approximate surface area is 68.0 Å². The zero-order valence-corrected chi connectivity index (χ0v) is 7.72. The van der Waals surface area contributed by atoms with Gasteiger partial charge in [-0.15, -0.1) is 0 Å². The second kappa shape index (κ2) is 3.60. The molecule has 0 spiro atoms. The van der Waals surface area contributed by atoms with Crippen LogP contribution in [0.1, 0.15) is 27.7 Å². The van der Waals surface area contributed by atoms with Crippen LogP contribution >= 0.6 is 0 Å². The Balaban J connectivity index is 3.99. The number of rotatable bonds is 2. The molecule has 0 aliphatic rings. The molecular weight excluding hydrogens is 142 g/mol. The van der Waals surface area contributed by atoms with Crippen molar-refractivity contribution in [1.82, 2.24) is 4.90 Å². The fraction of sp³-hybridized carbons (Fsp3) is 0.875. The van der Waals surface area contributed by atoms with Crippen molar-refractivity contribution in [2.45, 2.75) is 27.7 Å². The van der Waals surface area contributed by atoms with Gasteiger partial charge in [0.25, 0.3) is 0 Å². The van der Waals surface area contributed by atoms with Crippen LogP contribution in [0.5, 0.6) is 0 Å². The summed E-state index contributed by atoms with van der Waals surface area (Å²) in [7, 11) is 0. The van der Waals surface area contributed by atoms with E-state index < -0.39 is 6.09 Å². The van der Waals surface area contributed by atoms with Crippen LogP contribution in [0.15, 0.2) is 0 Å². The minimum atomic E-state index is -0.831. The van der Waals surface area contributed by atoms with Gasteiger partial charge in [0.1, 0.15) is 0 Å². The van der Waals surface area contributed by atoms with Crippen LogP contribution < -0.4 is 0 Å². The van der Waals surface area contributed by atoms with Crippen molar-refractivity contribution >= 4 is 6.09 Å². The number of carboxylic acid groups (broad SMARTS) is 1. The molecule has 0 aliphatic heterocycles. The van der Waals surface area contributed by atoms with Crippen molar-refractivity contribution in [3.8, 4) is 0 Å². The van der Waals surface area contributed by atoms with Crippen LogP contribution in [-0.2, 0) is 0 Å². The average Bonchev–Trinajstić information content (AvgIpc) is 1.80. The third-order valence-corrected chi connectivity index (χ3v) is 1.32. The zero-order valence-electron chi connectivity index (χ0n) is 7.72. The molecule has 0 atom stereocenters. The van der Waals surface area contributed by atoms with Crippen LogP contribution in [0.25, 0.3) is 0 Å². The minimum Gasteiger partial charge on any atom is -0.465 e. The monoisotopic (exact) mass is 159 g/mol. The minimum absolute atomic E-state index is 0.0500. The first kappa shape index (κ1) is 10.3. The molecule has 1 amide bonds. The molecule has 3 nitrogen and oxygen atoms in total. The van der Waals surface area contributed by atoms with Gasteiger partial charge < -0.3 is 10.0 Å². The molecule has 0 radical (unpaired) electrons. The van der Waals surface area contributed by atoms with Crippen LogP contribution in [0.3, 0.4) is 0 Å². The summed E-state index contributed by atoms with van der Waals surface area (Å²) >= 11 is 0. The maximum absolute atomic E-state index is 10.5. The second-order valence-corrected chi connectivity index (χ2v) is 3.86. The molecule has 0 aromatic heterocycles. The van der Waals surface area contributed by atoms with Gasteiger partial charge in [0.15, 0.2) is 0 Å². The number of nitrogens with zero attached hydrogens (tertiary/aromatic N) is 1. The third-order valence-electron chi connectivity index (χ3n) is 1.32. The van der Waals surface area contributed by atoms with Crippen molar-refractivity contribution in [3.05, 3.63) is 0 Å². The van der Waals surface area contributed by atoms with Gasteiger partial charge in [-0.25, -0.2) is 4.79 Å². The number of hydrogen-bond donors (Lipinski definition) is 1. The Morgan fingerprint density at radius 3 is 2.00 bits per heavy atom. The van der Waals surface area contributed by atoms with E-state index in [4.69, 9.17) is 5.11 Å². The van der Waals surface area contributed by atoms with Gasteiger partial charge in [-0.3, -0.25) is 0 Å². The normalized spacial score (nSPS) is 11.3. The maximum Gasteiger partial charge on any atom is 0.407 e. The summed E-state index contributed by atoms with van der Waals surface area (Å²) in [5.41, 5.74) is 0.0500. The van der Waals surface area contributed by atoms with Gasteiger partial charge in [-0.05, 0) is 12.3 Å². The molecule has 0 rings (SSSR count). The van der Waals surface area contributed by atoms with Gasteiger partial charge in [-0.1, -0.05) is 20.8 Å². The van der Waals surface area contributed by atoms with Crippen LogP contribution in [-0.4, -0.2) is 29.2 Å². The van der Waals surface area contributed by atoms with Gasteiger partial charge in [0.05, 0.1) is 0 Å². The molecule has 0 saturated carbocycles. The molecule has 0 aromatic carbocycles. The molecule has 0 saturated heterocycles. The molecule has 1 N–H and O–H groups in total. The van der Waals surface area contributed by atoms with E-state index in [9.17, 15) is 4.79 Å². The fourth-order valence-corrected chi connectivity index (χ4v) is 0.887. The molecule has 11 heavy (non-hydrogen) atoms. The Morgan fingerprint density at radius 1 is 1.45 bits per heavy atom. The van der Waals surface area contributed by atoms with Gasteiger partial charge in [0, 0.05) is 13.1 Å². The Bertz CT molecular complexity index is 138. The first-order chi connectivity index (χ1) is 4.87. The molecule has 0 fully saturated rings. The van der Waals surface area contributed by atoms with Crippen molar-refractivity contribution in [2.75, 3.05) is 13.1 Å². The lowest BCUT2D eigenvalue weighted by Crippen LogP contribution is -2.36. The van der Waals surface area contributed by atoms with Crippen molar-refractivity contribution < 1.29 is 9.90 Å². The van der Waals surface area contributed by atoms with Gasteiger partial charge in [-0.2, -0.15) is 0 Å². The van der Waals surface area contributed by atoms with E-state index in [2.05, 4.69) is 0 Å². The molecular formula is C8H17NO2. The standard InChI is InChI=1S/C8H17NO2/c1-5-9(7(10)11)6-8(2,3)4/h5-6H2,1-4H3,(H,10,11). The first-order valence-corrected chi connectivity index (χ1v) is 3.84. The summed E-state index contributed by atoms with van der Waals surface area (Å²) in [6.07, 6.45) is -0.831. The van der Waals surface area contributed by atoms with E-state index in [1.54, 1.807) is 0 Å². The summed E-state index contributed by atoms with van der Waals surface area (Å²) in [5.74, 6) is 0. The topological polar surface area (TPSA) is 40.5 Å². The number of hydrogen-bond acceptors (Lipinski definition) is 1. The number of amides is 1. The third kappa shape index (κ3) is 4.65. The molecule has 0 heterocycles.